The van der Waals surface area contributed by atoms with Crippen molar-refractivity contribution in [2.24, 2.45) is 5.73 Å². The van der Waals surface area contributed by atoms with Crippen LogP contribution >= 0.6 is 0 Å². The Kier molecular flexibility index (Phi) is 4.94. The quantitative estimate of drug-likeness (QED) is 0.557. The third kappa shape index (κ3) is 6.74. The number of amides is 1. The zero-order valence-corrected chi connectivity index (χ0v) is 10.1. The zero-order chi connectivity index (χ0) is 11.4. The predicted molar refractivity (Wildman–Crippen MR) is 51.2 cm³/mol. The van der Waals surface area contributed by atoms with Crippen LogP contribution in [-0.4, -0.2) is 36.7 Å². The number of aliphatic carboxylic acids is 1. The Morgan fingerprint density at radius 2 is 2.00 bits per heavy atom. The summed E-state index contributed by atoms with van der Waals surface area (Å²) < 4.78 is 13.9. The second-order valence-electron chi connectivity index (χ2n) is 3.38. The molecule has 0 saturated heterocycles. The second-order valence-corrected chi connectivity index (χ2v) is 9.59. The first-order chi connectivity index (χ1) is 6.22. The Morgan fingerprint density at radius 3 is 2.29 bits per heavy atom. The number of rotatable bonds is 6. The van der Waals surface area contributed by atoms with E-state index in [4.69, 9.17) is 10.8 Å². The molecular formula is C7H15AsN2O4. The van der Waals surface area contributed by atoms with Gasteiger partial charge in [-0.1, -0.05) is 0 Å². The van der Waals surface area contributed by atoms with Gasteiger partial charge in [0.25, 0.3) is 0 Å². The van der Waals surface area contributed by atoms with E-state index in [2.05, 4.69) is 4.23 Å². The molecule has 1 atom stereocenters. The fourth-order valence-electron chi connectivity index (χ4n) is 0.905. The van der Waals surface area contributed by atoms with Gasteiger partial charge in [0, 0.05) is 0 Å². The van der Waals surface area contributed by atoms with E-state index < -0.39 is 31.6 Å². The fourth-order valence-corrected chi connectivity index (χ4v) is 2.98. The minimum atomic E-state index is -3.21. The van der Waals surface area contributed by atoms with Crippen molar-refractivity contribution in [3.63, 3.8) is 0 Å². The van der Waals surface area contributed by atoms with Crippen LogP contribution in [0.2, 0.25) is 11.4 Å². The Labute approximate surface area is 84.7 Å². The van der Waals surface area contributed by atoms with Crippen LogP contribution in [0.15, 0.2) is 0 Å². The summed E-state index contributed by atoms with van der Waals surface area (Å²) in [6.45, 7) is 0. The molecule has 0 saturated carbocycles. The third-order valence-corrected chi connectivity index (χ3v) is 3.40. The average Bonchev–Trinajstić information content (AvgIpc) is 1.94. The van der Waals surface area contributed by atoms with Crippen LogP contribution in [0.3, 0.4) is 0 Å². The molecule has 0 aliphatic rings. The predicted octanol–water partition coefficient (Wildman–Crippen LogP) is -0.573. The van der Waals surface area contributed by atoms with Crippen molar-refractivity contribution >= 4 is 25.6 Å². The normalized spacial score (nSPS) is 13.6. The Balaban J connectivity index is 4.24. The molecule has 7 heteroatoms. The summed E-state index contributed by atoms with van der Waals surface area (Å²) in [6.07, 6.45) is 0.0391. The molecule has 0 radical (unpaired) electrons. The molecule has 0 rings (SSSR count). The molecule has 0 aromatic heterocycles. The van der Waals surface area contributed by atoms with E-state index >= 15 is 0 Å². The van der Waals surface area contributed by atoms with Crippen LogP contribution in [0.4, 0.5) is 0 Å². The maximum absolute atomic E-state index is 11.3. The Bertz CT molecular complexity index is 273. The van der Waals surface area contributed by atoms with E-state index in [-0.39, 0.29) is 12.8 Å². The van der Waals surface area contributed by atoms with Crippen LogP contribution in [0.25, 0.3) is 0 Å². The van der Waals surface area contributed by atoms with Crippen molar-refractivity contribution in [2.75, 3.05) is 0 Å². The van der Waals surface area contributed by atoms with Crippen molar-refractivity contribution < 1.29 is 18.4 Å². The van der Waals surface area contributed by atoms with Gasteiger partial charge in [-0.05, 0) is 0 Å². The molecule has 0 fully saturated rings. The van der Waals surface area contributed by atoms with Gasteiger partial charge in [-0.3, -0.25) is 0 Å². The molecule has 1 amide bonds. The molecule has 82 valence electrons. The molecule has 0 spiro atoms. The first-order valence-corrected chi connectivity index (χ1v) is 9.52. The van der Waals surface area contributed by atoms with E-state index in [0.717, 1.165) is 0 Å². The number of hydrogen-bond acceptors (Lipinski definition) is 3. The monoisotopic (exact) mass is 266 g/mol. The third-order valence-electron chi connectivity index (χ3n) is 1.44. The summed E-state index contributed by atoms with van der Waals surface area (Å²) >= 11 is -3.21. The molecule has 0 bridgehead atoms. The molecule has 4 N–H and O–H groups in total. The van der Waals surface area contributed by atoms with Crippen molar-refractivity contribution in [1.82, 2.24) is 4.23 Å². The van der Waals surface area contributed by atoms with Crippen molar-refractivity contribution in [3.05, 3.63) is 0 Å². The van der Waals surface area contributed by atoms with Crippen LogP contribution in [0.5, 0.6) is 0 Å². The number of carboxylic acids is 1. The van der Waals surface area contributed by atoms with Crippen LogP contribution < -0.4 is 9.97 Å². The fraction of sp³-hybridized carbons (Fsp3) is 0.714. The minimum absolute atomic E-state index is 0.0280. The van der Waals surface area contributed by atoms with Gasteiger partial charge < -0.3 is 0 Å². The summed E-state index contributed by atoms with van der Waals surface area (Å²) in [6, 6.07) is -0.956. The number of nitrogens with two attached hydrogens (primary N) is 1. The van der Waals surface area contributed by atoms with Gasteiger partial charge in [0.05, 0.1) is 0 Å². The van der Waals surface area contributed by atoms with Crippen molar-refractivity contribution in [2.45, 2.75) is 30.3 Å². The van der Waals surface area contributed by atoms with Gasteiger partial charge >= 0.3 is 84.3 Å². The van der Waals surface area contributed by atoms with Gasteiger partial charge in [0.1, 0.15) is 0 Å². The number of nitrogens with one attached hydrogen (secondary N) is 1. The summed E-state index contributed by atoms with van der Waals surface area (Å²) in [5.41, 5.74) is 7.85. The topological polar surface area (TPSA) is 109 Å². The van der Waals surface area contributed by atoms with Crippen molar-refractivity contribution in [1.29, 1.82) is 0 Å². The molecule has 14 heavy (non-hydrogen) atoms. The van der Waals surface area contributed by atoms with Crippen molar-refractivity contribution in [3.8, 4) is 0 Å². The average molecular weight is 266 g/mol. The van der Waals surface area contributed by atoms with Gasteiger partial charge in [0.15, 0.2) is 0 Å². The van der Waals surface area contributed by atoms with Crippen LogP contribution in [-0.2, 0) is 13.3 Å². The molecule has 0 aliphatic heterocycles. The second kappa shape index (κ2) is 5.22. The Morgan fingerprint density at radius 1 is 1.50 bits per heavy atom. The summed E-state index contributed by atoms with van der Waals surface area (Å²) in [7, 11) is 0. The molecule has 0 aromatic carbocycles. The van der Waals surface area contributed by atoms with Gasteiger partial charge in [-0.2, -0.15) is 0 Å². The van der Waals surface area contributed by atoms with Crippen LogP contribution in [0.1, 0.15) is 12.8 Å². The Hall–Kier alpha value is -0.742. The first kappa shape index (κ1) is 13.3. The van der Waals surface area contributed by atoms with Gasteiger partial charge in [-0.15, -0.1) is 0 Å². The number of primary amides is 1. The molecule has 6 nitrogen and oxygen atoms in total. The first-order valence-electron chi connectivity index (χ1n) is 4.06. The molecule has 0 aliphatic carbocycles. The van der Waals surface area contributed by atoms with E-state index in [0.29, 0.717) is 0 Å². The van der Waals surface area contributed by atoms with E-state index in [1.54, 1.807) is 0 Å². The summed E-state index contributed by atoms with van der Waals surface area (Å²) in [5.74, 6) is -1.68. The number of carboxylic acid groups (broad SMARTS) is 1. The molecule has 0 aromatic rings. The standard InChI is InChI=1S/C7H15AsN2O4/c1-8(2,14)10-5(7(12)13)3-4-6(9)11/h5H,3-4H2,1-2H3,(H2,9,11)(H,10,14)(H,12,13)/t5-/m0/s1. The SMILES string of the molecule is C[As](C)(=O)N[C@@H](CCC(N)=O)C(=O)O. The molecule has 0 unspecified atom stereocenters. The zero-order valence-electron chi connectivity index (χ0n) is 8.19. The molecular weight excluding hydrogens is 251 g/mol. The summed E-state index contributed by atoms with van der Waals surface area (Å²) in [4.78, 5) is 21.1. The van der Waals surface area contributed by atoms with E-state index in [1.165, 1.54) is 11.4 Å². The van der Waals surface area contributed by atoms with Crippen LogP contribution in [0, 0.1) is 0 Å². The maximum atomic E-state index is 11.3. The van der Waals surface area contributed by atoms with Gasteiger partial charge in [-0.25, -0.2) is 0 Å². The summed E-state index contributed by atoms with van der Waals surface area (Å²) in [5, 5.41) is 8.72. The number of carbonyl (C=O) groups is 2. The number of carbonyl (C=O) groups excluding carboxylic acids is 1. The van der Waals surface area contributed by atoms with Gasteiger partial charge in [0.2, 0.25) is 0 Å². The van der Waals surface area contributed by atoms with E-state index in [1.807, 2.05) is 0 Å². The number of hydrogen-bond donors (Lipinski definition) is 3. The molecule has 0 heterocycles. The van der Waals surface area contributed by atoms with E-state index in [9.17, 15) is 13.3 Å².